The normalized spacial score (nSPS) is 28.2. The monoisotopic (exact) mass is 363 g/mol. The number of carbonyl (C=O) groups excluding carboxylic acids is 1. The molecule has 0 unspecified atom stereocenters. The van der Waals surface area contributed by atoms with Gasteiger partial charge in [-0.1, -0.05) is 6.92 Å². The number of aromatic nitrogens is 2. The maximum absolute atomic E-state index is 12.9. The van der Waals surface area contributed by atoms with E-state index in [1.165, 1.54) is 12.0 Å². The van der Waals surface area contributed by atoms with Crippen LogP contribution in [0.1, 0.15) is 31.4 Å². The second kappa shape index (κ2) is 8.50. The first-order chi connectivity index (χ1) is 12.5. The van der Waals surface area contributed by atoms with Crippen molar-refractivity contribution in [3.8, 4) is 0 Å². The number of likely N-dealkylation sites (N-methyl/N-ethyl adjacent to an activating group) is 2. The van der Waals surface area contributed by atoms with Gasteiger partial charge in [-0.3, -0.25) is 14.4 Å². The highest BCUT2D eigenvalue weighted by molar-refractivity contribution is 5.81. The number of morpholine rings is 1. The Bertz CT molecular complexity index is 605. The van der Waals surface area contributed by atoms with Crippen molar-refractivity contribution in [3.05, 3.63) is 18.0 Å². The Morgan fingerprint density at radius 2 is 2.19 bits per heavy atom. The van der Waals surface area contributed by atoms with Crippen molar-refractivity contribution in [2.45, 2.75) is 31.9 Å². The zero-order valence-electron chi connectivity index (χ0n) is 16.6. The third-order valence-electron chi connectivity index (χ3n) is 5.76. The van der Waals surface area contributed by atoms with Crippen LogP contribution in [0.25, 0.3) is 0 Å². The maximum atomic E-state index is 12.9. The molecule has 1 aromatic heterocycles. The van der Waals surface area contributed by atoms with Crippen LogP contribution in [0.4, 0.5) is 0 Å². The van der Waals surface area contributed by atoms with E-state index in [1.54, 1.807) is 0 Å². The molecule has 7 nitrogen and oxygen atoms in total. The third kappa shape index (κ3) is 4.27. The number of aryl methyl sites for hydroxylation is 1. The van der Waals surface area contributed by atoms with E-state index >= 15 is 0 Å². The summed E-state index contributed by atoms with van der Waals surface area (Å²) in [5.41, 5.74) is 1.26. The fraction of sp³-hybridized carbons (Fsp3) is 0.789. The van der Waals surface area contributed by atoms with Crippen LogP contribution in [0.2, 0.25) is 0 Å². The highest BCUT2D eigenvalue weighted by atomic mass is 16.5. The number of piperidine rings is 1. The van der Waals surface area contributed by atoms with Crippen molar-refractivity contribution < 1.29 is 9.53 Å². The zero-order valence-corrected chi connectivity index (χ0v) is 16.6. The van der Waals surface area contributed by atoms with E-state index < -0.39 is 0 Å². The lowest BCUT2D eigenvalue weighted by molar-refractivity contribution is -0.148. The largest absolute Gasteiger partial charge is 0.366 e. The van der Waals surface area contributed by atoms with E-state index in [1.807, 2.05) is 36.9 Å². The number of ether oxygens (including phenoxy) is 1. The molecule has 2 aliphatic heterocycles. The van der Waals surface area contributed by atoms with Gasteiger partial charge in [0.25, 0.3) is 5.91 Å². The third-order valence-corrected chi connectivity index (χ3v) is 5.76. The second-order valence-corrected chi connectivity index (χ2v) is 7.76. The summed E-state index contributed by atoms with van der Waals surface area (Å²) in [6.45, 7) is 7.31. The molecule has 26 heavy (non-hydrogen) atoms. The quantitative estimate of drug-likeness (QED) is 0.781. The SMILES string of the molecule is CCN1CCC[C@@H](CN(C)C(=O)[C@H]2CN(C)CCO2)[C@@H]1c1cnn(C)c1. The van der Waals surface area contributed by atoms with E-state index in [-0.39, 0.29) is 12.0 Å². The van der Waals surface area contributed by atoms with Crippen LogP contribution >= 0.6 is 0 Å². The Morgan fingerprint density at radius 1 is 1.38 bits per heavy atom. The molecule has 0 bridgehead atoms. The van der Waals surface area contributed by atoms with E-state index in [0.717, 1.165) is 32.6 Å². The van der Waals surface area contributed by atoms with Gasteiger partial charge in [0.05, 0.1) is 12.8 Å². The number of likely N-dealkylation sites (tertiary alicyclic amines) is 1. The van der Waals surface area contributed by atoms with Crippen molar-refractivity contribution in [1.82, 2.24) is 24.5 Å². The van der Waals surface area contributed by atoms with Crippen LogP contribution in [0.5, 0.6) is 0 Å². The highest BCUT2D eigenvalue weighted by Gasteiger charge is 2.35. The summed E-state index contributed by atoms with van der Waals surface area (Å²) in [7, 11) is 5.93. The molecule has 7 heteroatoms. The number of amides is 1. The van der Waals surface area contributed by atoms with Crippen molar-refractivity contribution in [1.29, 1.82) is 0 Å². The summed E-state index contributed by atoms with van der Waals surface area (Å²) in [6.07, 6.45) is 6.08. The van der Waals surface area contributed by atoms with Gasteiger partial charge in [0.1, 0.15) is 6.10 Å². The fourth-order valence-electron chi connectivity index (χ4n) is 4.39. The molecule has 2 saturated heterocycles. The molecular weight excluding hydrogens is 330 g/mol. The number of carbonyl (C=O) groups is 1. The van der Waals surface area contributed by atoms with Gasteiger partial charge in [0.2, 0.25) is 0 Å². The number of nitrogens with zero attached hydrogens (tertiary/aromatic N) is 5. The van der Waals surface area contributed by atoms with Crippen LogP contribution in [-0.4, -0.2) is 89.9 Å². The smallest absolute Gasteiger partial charge is 0.252 e. The van der Waals surface area contributed by atoms with Crippen molar-refractivity contribution in [2.75, 3.05) is 53.4 Å². The first kappa shape index (κ1) is 19.3. The fourth-order valence-corrected chi connectivity index (χ4v) is 4.39. The molecule has 0 aromatic carbocycles. The van der Waals surface area contributed by atoms with Crippen LogP contribution < -0.4 is 0 Å². The Kier molecular flexibility index (Phi) is 6.32. The molecule has 0 saturated carbocycles. The molecule has 1 aromatic rings. The summed E-state index contributed by atoms with van der Waals surface area (Å²) in [5.74, 6) is 0.526. The van der Waals surface area contributed by atoms with Crippen molar-refractivity contribution >= 4 is 5.91 Å². The van der Waals surface area contributed by atoms with Crippen molar-refractivity contribution in [2.24, 2.45) is 13.0 Å². The second-order valence-electron chi connectivity index (χ2n) is 7.76. The Balaban J connectivity index is 1.70. The van der Waals surface area contributed by atoms with Crippen LogP contribution in [0.3, 0.4) is 0 Å². The van der Waals surface area contributed by atoms with Crippen LogP contribution in [0.15, 0.2) is 12.4 Å². The van der Waals surface area contributed by atoms with Gasteiger partial charge in [0.15, 0.2) is 0 Å². The minimum atomic E-state index is -0.332. The van der Waals surface area contributed by atoms with Gasteiger partial charge in [0, 0.05) is 51.5 Å². The molecule has 3 rings (SSSR count). The average Bonchev–Trinajstić information content (AvgIpc) is 3.06. The van der Waals surface area contributed by atoms with Gasteiger partial charge in [-0.15, -0.1) is 0 Å². The van der Waals surface area contributed by atoms with E-state index in [0.29, 0.717) is 25.1 Å². The molecule has 2 aliphatic rings. The molecule has 0 spiro atoms. The first-order valence-corrected chi connectivity index (χ1v) is 9.77. The number of hydrogen-bond donors (Lipinski definition) is 0. The molecular formula is C19H33N5O2. The topological polar surface area (TPSA) is 53.8 Å². The number of rotatable bonds is 5. The first-order valence-electron chi connectivity index (χ1n) is 9.77. The minimum Gasteiger partial charge on any atom is -0.366 e. The summed E-state index contributed by atoms with van der Waals surface area (Å²) >= 11 is 0. The molecule has 3 heterocycles. The van der Waals surface area contributed by atoms with Crippen LogP contribution in [-0.2, 0) is 16.6 Å². The Hall–Kier alpha value is -1.44. The molecule has 146 valence electrons. The van der Waals surface area contributed by atoms with Crippen LogP contribution in [0, 0.1) is 5.92 Å². The molecule has 0 radical (unpaired) electrons. The maximum Gasteiger partial charge on any atom is 0.252 e. The lowest BCUT2D eigenvalue weighted by Gasteiger charge is -2.42. The van der Waals surface area contributed by atoms with Crippen molar-refractivity contribution in [3.63, 3.8) is 0 Å². The van der Waals surface area contributed by atoms with Gasteiger partial charge < -0.3 is 14.5 Å². The predicted octanol–water partition coefficient (Wildman–Crippen LogP) is 0.982. The summed E-state index contributed by atoms with van der Waals surface area (Å²) < 4.78 is 7.59. The lowest BCUT2D eigenvalue weighted by Crippen LogP contribution is -2.51. The predicted molar refractivity (Wildman–Crippen MR) is 101 cm³/mol. The molecule has 1 amide bonds. The molecule has 2 fully saturated rings. The summed E-state index contributed by atoms with van der Waals surface area (Å²) in [6, 6.07) is 0.327. The number of hydrogen-bond acceptors (Lipinski definition) is 5. The van der Waals surface area contributed by atoms with Gasteiger partial charge in [-0.05, 0) is 38.9 Å². The lowest BCUT2D eigenvalue weighted by atomic mass is 9.85. The highest BCUT2D eigenvalue weighted by Crippen LogP contribution is 2.36. The Morgan fingerprint density at radius 3 is 2.85 bits per heavy atom. The van der Waals surface area contributed by atoms with Gasteiger partial charge >= 0.3 is 0 Å². The average molecular weight is 364 g/mol. The molecule has 0 N–H and O–H groups in total. The van der Waals surface area contributed by atoms with Gasteiger partial charge in [-0.2, -0.15) is 5.10 Å². The minimum absolute atomic E-state index is 0.107. The van der Waals surface area contributed by atoms with E-state index in [9.17, 15) is 4.79 Å². The standard InChI is InChI=1S/C19H33N5O2/c1-5-24-8-6-7-15(18(24)16-11-20-23(4)13-16)12-22(3)19(25)17-14-21(2)9-10-26-17/h11,13,15,17-18H,5-10,12,14H2,1-4H3/t15-,17+,18+/m0/s1. The summed E-state index contributed by atoms with van der Waals surface area (Å²) in [4.78, 5) is 19.4. The summed E-state index contributed by atoms with van der Waals surface area (Å²) in [5, 5.41) is 4.37. The van der Waals surface area contributed by atoms with Gasteiger partial charge in [-0.25, -0.2) is 0 Å². The molecule has 3 atom stereocenters. The molecule has 0 aliphatic carbocycles. The van der Waals surface area contributed by atoms with E-state index in [2.05, 4.69) is 28.0 Å². The van der Waals surface area contributed by atoms with E-state index in [4.69, 9.17) is 4.74 Å². The Labute approximate surface area is 156 Å². The zero-order chi connectivity index (χ0) is 18.7.